The van der Waals surface area contributed by atoms with Gasteiger partial charge in [0.2, 0.25) is 0 Å². The summed E-state index contributed by atoms with van der Waals surface area (Å²) in [7, 11) is 0. The summed E-state index contributed by atoms with van der Waals surface area (Å²) in [4.78, 5) is 22.5. The van der Waals surface area contributed by atoms with E-state index in [1.165, 1.54) is 24.5 Å². The Labute approximate surface area is 202 Å². The van der Waals surface area contributed by atoms with Crippen molar-refractivity contribution in [3.05, 3.63) is 46.1 Å². The Bertz CT molecular complexity index is 1280. The fourth-order valence-corrected chi connectivity index (χ4v) is 4.85. The van der Waals surface area contributed by atoms with Crippen LogP contribution in [0.15, 0.2) is 24.5 Å². The molecule has 34 heavy (non-hydrogen) atoms. The van der Waals surface area contributed by atoms with E-state index in [0.29, 0.717) is 17.3 Å². The number of alkyl halides is 3. The van der Waals surface area contributed by atoms with Gasteiger partial charge >= 0.3 is 12.2 Å². The second-order valence-corrected chi connectivity index (χ2v) is 9.32. The minimum atomic E-state index is -4.67. The maximum Gasteiger partial charge on any atom is 0.401 e. The largest absolute Gasteiger partial charge is 0.401 e. The van der Waals surface area contributed by atoms with Gasteiger partial charge in [-0.2, -0.15) is 18.3 Å². The van der Waals surface area contributed by atoms with Crippen LogP contribution in [0.25, 0.3) is 5.65 Å². The summed E-state index contributed by atoms with van der Waals surface area (Å²) >= 11 is 12.3. The summed E-state index contributed by atoms with van der Waals surface area (Å²) in [5.41, 5.74) is -1.67. The molecule has 2 aliphatic heterocycles. The number of rotatable bonds is 2. The number of amides is 2. The normalized spacial score (nSPS) is 22.8. The standard InChI is InChI=1S/C21H19Cl2F3N6O2/c1-20(21(24,25)26)10-31(13-9-27-16-7-15(23)30-32(16)18(13)20)19(33)29-11-6-12(22)17(28-8-11)14-4-2-3-5-34-14/h6-9,14H,2-5,10H2,1H3,(H,29,33)/t14?,20-/m1/s1. The Morgan fingerprint density at radius 1 is 1.24 bits per heavy atom. The van der Waals surface area contributed by atoms with Crippen LogP contribution in [0.5, 0.6) is 0 Å². The van der Waals surface area contributed by atoms with E-state index in [0.717, 1.165) is 35.6 Å². The first-order valence-electron chi connectivity index (χ1n) is 10.6. The zero-order chi connectivity index (χ0) is 24.3. The zero-order valence-electron chi connectivity index (χ0n) is 17.9. The van der Waals surface area contributed by atoms with Gasteiger partial charge in [-0.1, -0.05) is 23.2 Å². The lowest BCUT2D eigenvalue weighted by Gasteiger charge is -2.28. The van der Waals surface area contributed by atoms with Crippen molar-refractivity contribution in [2.75, 3.05) is 23.4 Å². The van der Waals surface area contributed by atoms with Gasteiger partial charge in [-0.3, -0.25) is 9.88 Å². The number of carbonyl (C=O) groups is 1. The number of hydrogen-bond donors (Lipinski definition) is 1. The van der Waals surface area contributed by atoms with E-state index in [1.807, 2.05) is 0 Å². The molecule has 2 atom stereocenters. The topological polar surface area (TPSA) is 84.7 Å². The zero-order valence-corrected chi connectivity index (χ0v) is 19.4. The summed E-state index contributed by atoms with van der Waals surface area (Å²) in [5, 5.41) is 6.85. The Balaban J connectivity index is 1.46. The molecule has 180 valence electrons. The van der Waals surface area contributed by atoms with E-state index in [2.05, 4.69) is 20.4 Å². The molecule has 2 aliphatic rings. The summed E-state index contributed by atoms with van der Waals surface area (Å²) < 4.78 is 49.4. The fraction of sp³-hybridized carbons (Fsp3) is 0.429. The molecule has 13 heteroatoms. The molecular formula is C21H19Cl2F3N6O2. The molecule has 5 heterocycles. The van der Waals surface area contributed by atoms with Crippen molar-refractivity contribution >= 4 is 46.3 Å². The minimum absolute atomic E-state index is 0.00363. The van der Waals surface area contributed by atoms with Crippen LogP contribution in [0.4, 0.5) is 29.3 Å². The summed E-state index contributed by atoms with van der Waals surface area (Å²) in [6.07, 6.45) is 0.491. The second kappa shape index (κ2) is 8.24. The molecule has 8 nitrogen and oxygen atoms in total. The van der Waals surface area contributed by atoms with Crippen LogP contribution in [-0.4, -0.2) is 44.9 Å². The molecule has 3 aromatic rings. The van der Waals surface area contributed by atoms with Gasteiger partial charge in [-0.05, 0) is 32.3 Å². The van der Waals surface area contributed by atoms with Crippen molar-refractivity contribution in [1.29, 1.82) is 0 Å². The Hall–Kier alpha value is -2.63. The molecule has 5 rings (SSSR count). The number of anilines is 2. The van der Waals surface area contributed by atoms with E-state index in [1.54, 1.807) is 0 Å². The summed E-state index contributed by atoms with van der Waals surface area (Å²) in [6, 6.07) is 2.08. The average molecular weight is 515 g/mol. The highest BCUT2D eigenvalue weighted by Crippen LogP contribution is 2.50. The number of halogens is 5. The molecule has 0 spiro atoms. The smallest absolute Gasteiger partial charge is 0.372 e. The fourth-order valence-electron chi connectivity index (χ4n) is 4.39. The highest BCUT2D eigenvalue weighted by Gasteiger charge is 2.60. The first-order chi connectivity index (χ1) is 16.1. The summed E-state index contributed by atoms with van der Waals surface area (Å²) in [6.45, 7) is 0.979. The monoisotopic (exact) mass is 514 g/mol. The van der Waals surface area contributed by atoms with Crippen molar-refractivity contribution in [3.63, 3.8) is 0 Å². The van der Waals surface area contributed by atoms with Crippen LogP contribution < -0.4 is 10.2 Å². The van der Waals surface area contributed by atoms with Crippen molar-refractivity contribution in [2.24, 2.45) is 0 Å². The second-order valence-electron chi connectivity index (χ2n) is 8.52. The van der Waals surface area contributed by atoms with Crippen LogP contribution in [0, 0.1) is 0 Å². The third-order valence-corrected chi connectivity index (χ3v) is 6.69. The highest BCUT2D eigenvalue weighted by molar-refractivity contribution is 6.31. The van der Waals surface area contributed by atoms with Gasteiger partial charge in [0.25, 0.3) is 0 Å². The van der Waals surface area contributed by atoms with E-state index in [9.17, 15) is 18.0 Å². The van der Waals surface area contributed by atoms with Crippen LogP contribution in [0.2, 0.25) is 10.2 Å². The van der Waals surface area contributed by atoms with Gasteiger partial charge in [-0.25, -0.2) is 14.3 Å². The number of nitrogens with one attached hydrogen (secondary N) is 1. The molecule has 2 amide bonds. The Kier molecular flexibility index (Phi) is 5.61. The Morgan fingerprint density at radius 2 is 2.03 bits per heavy atom. The molecule has 1 saturated heterocycles. The lowest BCUT2D eigenvalue weighted by atomic mass is 9.88. The number of fused-ring (bicyclic) bond motifs is 3. The predicted molar refractivity (Wildman–Crippen MR) is 120 cm³/mol. The van der Waals surface area contributed by atoms with Gasteiger partial charge in [0, 0.05) is 19.2 Å². The van der Waals surface area contributed by atoms with Crippen LogP contribution in [0.1, 0.15) is 43.7 Å². The number of ether oxygens (including phenoxy) is 1. The van der Waals surface area contributed by atoms with E-state index < -0.39 is 24.2 Å². The molecular weight excluding hydrogens is 496 g/mol. The molecule has 0 bridgehead atoms. The molecule has 0 radical (unpaired) electrons. The molecule has 0 saturated carbocycles. The van der Waals surface area contributed by atoms with E-state index in [4.69, 9.17) is 27.9 Å². The van der Waals surface area contributed by atoms with Crippen molar-refractivity contribution < 1.29 is 22.7 Å². The number of aromatic nitrogens is 4. The van der Waals surface area contributed by atoms with E-state index >= 15 is 0 Å². The van der Waals surface area contributed by atoms with Gasteiger partial charge < -0.3 is 10.1 Å². The van der Waals surface area contributed by atoms with Crippen molar-refractivity contribution in [1.82, 2.24) is 19.6 Å². The molecule has 1 unspecified atom stereocenters. The molecule has 1 N–H and O–H groups in total. The third kappa shape index (κ3) is 3.75. The number of nitrogens with zero attached hydrogens (tertiary/aromatic N) is 5. The third-order valence-electron chi connectivity index (χ3n) is 6.20. The average Bonchev–Trinajstić information content (AvgIpc) is 3.31. The first kappa shape index (κ1) is 23.1. The van der Waals surface area contributed by atoms with Gasteiger partial charge in [0.1, 0.15) is 11.5 Å². The van der Waals surface area contributed by atoms with E-state index in [-0.39, 0.29) is 34.0 Å². The van der Waals surface area contributed by atoms with Crippen LogP contribution in [0.3, 0.4) is 0 Å². The maximum absolute atomic E-state index is 14.2. The molecule has 0 aromatic carbocycles. The van der Waals surface area contributed by atoms with Gasteiger partial charge in [-0.15, -0.1) is 0 Å². The number of urea groups is 1. The minimum Gasteiger partial charge on any atom is -0.372 e. The molecule has 1 fully saturated rings. The Morgan fingerprint density at radius 3 is 2.71 bits per heavy atom. The SMILES string of the molecule is C[C@@]1(C(F)(F)F)CN(C(=O)Nc2cnc(C3CCCCO3)c(Cl)c2)c2cnc3cc(Cl)nn3c21. The van der Waals surface area contributed by atoms with Crippen LogP contribution >= 0.6 is 23.2 Å². The molecule has 3 aromatic heterocycles. The lowest BCUT2D eigenvalue weighted by Crippen LogP contribution is -2.46. The highest BCUT2D eigenvalue weighted by atomic mass is 35.5. The van der Waals surface area contributed by atoms with Gasteiger partial charge in [0.05, 0.1) is 40.2 Å². The maximum atomic E-state index is 14.2. The number of hydrogen-bond acceptors (Lipinski definition) is 5. The first-order valence-corrected chi connectivity index (χ1v) is 11.3. The molecule has 0 aliphatic carbocycles. The van der Waals surface area contributed by atoms with Crippen molar-refractivity contribution in [2.45, 2.75) is 43.9 Å². The van der Waals surface area contributed by atoms with Crippen LogP contribution in [-0.2, 0) is 10.2 Å². The number of pyridine rings is 1. The summed E-state index contributed by atoms with van der Waals surface area (Å²) in [5.74, 6) is 0. The number of carbonyl (C=O) groups excluding carboxylic acids is 1. The lowest BCUT2D eigenvalue weighted by molar-refractivity contribution is -0.181. The predicted octanol–water partition coefficient (Wildman–Crippen LogP) is 5.54. The van der Waals surface area contributed by atoms with Crippen molar-refractivity contribution in [3.8, 4) is 0 Å². The quantitative estimate of drug-likeness (QED) is 0.484. The van der Waals surface area contributed by atoms with Gasteiger partial charge in [0.15, 0.2) is 10.8 Å².